The Bertz CT molecular complexity index is 1140. The number of benzene rings is 1. The Morgan fingerprint density at radius 1 is 1.06 bits per heavy atom. The van der Waals surface area contributed by atoms with Gasteiger partial charge in [0.2, 0.25) is 0 Å². The van der Waals surface area contributed by atoms with E-state index in [2.05, 4.69) is 16.1 Å². The molecule has 0 radical (unpaired) electrons. The summed E-state index contributed by atoms with van der Waals surface area (Å²) in [5.41, 5.74) is 3.23. The molecule has 0 bridgehead atoms. The Morgan fingerprint density at radius 3 is 2.62 bits per heavy atom. The largest absolute Gasteiger partial charge is 0.307 e. The van der Waals surface area contributed by atoms with Crippen LogP contribution in [0.25, 0.3) is 6.08 Å². The van der Waals surface area contributed by atoms with Gasteiger partial charge in [-0.25, -0.2) is 0 Å². The Kier molecular flexibility index (Phi) is 7.12. The number of nitrogens with zero attached hydrogens (tertiary/aromatic N) is 4. The van der Waals surface area contributed by atoms with E-state index in [1.54, 1.807) is 18.5 Å². The standard InChI is InChI=1S/C26H30N4O2/c1-21-24(17-27-30(21)19-22-9-4-2-5-10-22)25(31)20-29-18-23(12-13-26(29)32)11-8-16-28-14-6-3-7-15-28/h2,4-5,8-13,17-18H,3,6-7,14-16,19-20H2,1H3/b11-8-. The van der Waals surface area contributed by atoms with Crippen molar-refractivity contribution in [3.05, 3.63) is 93.7 Å². The third-order valence-electron chi connectivity index (χ3n) is 6.02. The topological polar surface area (TPSA) is 60.1 Å². The van der Waals surface area contributed by atoms with Crippen LogP contribution in [0.2, 0.25) is 0 Å². The number of hydrogen-bond acceptors (Lipinski definition) is 4. The van der Waals surface area contributed by atoms with Crippen LogP contribution in [-0.2, 0) is 13.1 Å². The lowest BCUT2D eigenvalue weighted by Gasteiger charge is -2.24. The monoisotopic (exact) mass is 430 g/mol. The van der Waals surface area contributed by atoms with Gasteiger partial charge in [0.1, 0.15) is 0 Å². The van der Waals surface area contributed by atoms with E-state index in [1.165, 1.54) is 29.9 Å². The van der Waals surface area contributed by atoms with Gasteiger partial charge in [-0.15, -0.1) is 0 Å². The molecule has 0 aliphatic carbocycles. The number of rotatable bonds is 8. The molecule has 3 aromatic rings. The molecule has 32 heavy (non-hydrogen) atoms. The zero-order valence-electron chi connectivity index (χ0n) is 18.6. The number of ketones is 1. The maximum absolute atomic E-state index is 12.9. The second-order valence-corrected chi connectivity index (χ2v) is 8.40. The van der Waals surface area contributed by atoms with Crippen molar-refractivity contribution in [1.29, 1.82) is 0 Å². The normalized spacial score (nSPS) is 14.8. The average Bonchev–Trinajstić information content (AvgIpc) is 3.17. The third-order valence-corrected chi connectivity index (χ3v) is 6.02. The molecule has 4 rings (SSSR count). The molecule has 6 nitrogen and oxygen atoms in total. The van der Waals surface area contributed by atoms with Crippen LogP contribution in [0, 0.1) is 6.92 Å². The van der Waals surface area contributed by atoms with Crippen molar-refractivity contribution in [3.8, 4) is 0 Å². The fourth-order valence-corrected chi connectivity index (χ4v) is 4.13. The van der Waals surface area contributed by atoms with E-state index in [0.29, 0.717) is 12.1 Å². The first-order valence-corrected chi connectivity index (χ1v) is 11.3. The summed E-state index contributed by atoms with van der Waals surface area (Å²) >= 11 is 0. The van der Waals surface area contributed by atoms with Gasteiger partial charge in [-0.1, -0.05) is 48.9 Å². The predicted molar refractivity (Wildman–Crippen MR) is 127 cm³/mol. The summed E-state index contributed by atoms with van der Waals surface area (Å²) in [4.78, 5) is 27.7. The minimum Gasteiger partial charge on any atom is -0.307 e. The highest BCUT2D eigenvalue weighted by molar-refractivity contribution is 5.96. The van der Waals surface area contributed by atoms with E-state index in [-0.39, 0.29) is 17.9 Å². The summed E-state index contributed by atoms with van der Waals surface area (Å²) in [5.74, 6) is -0.113. The van der Waals surface area contributed by atoms with Crippen molar-refractivity contribution in [1.82, 2.24) is 19.2 Å². The fraction of sp³-hybridized carbons (Fsp3) is 0.346. The molecule has 0 saturated carbocycles. The molecule has 1 aliphatic rings. The Balaban J connectivity index is 1.43. The number of piperidine rings is 1. The van der Waals surface area contributed by atoms with Crippen molar-refractivity contribution in [2.45, 2.75) is 39.3 Å². The molecule has 1 aromatic carbocycles. The summed E-state index contributed by atoms with van der Waals surface area (Å²) in [6.45, 7) is 5.72. The van der Waals surface area contributed by atoms with Crippen LogP contribution in [0.3, 0.4) is 0 Å². The molecule has 1 saturated heterocycles. The minimum atomic E-state index is -0.180. The number of carbonyl (C=O) groups excluding carboxylic acids is 1. The second kappa shape index (κ2) is 10.4. The summed E-state index contributed by atoms with van der Waals surface area (Å²) < 4.78 is 3.31. The SMILES string of the molecule is Cc1c(C(=O)Cn2cc(/C=C\CN3CCCCC3)ccc2=O)cnn1Cc1ccccc1. The van der Waals surface area contributed by atoms with E-state index in [4.69, 9.17) is 0 Å². The lowest BCUT2D eigenvalue weighted by molar-refractivity contribution is 0.0970. The van der Waals surface area contributed by atoms with Gasteiger partial charge >= 0.3 is 0 Å². The average molecular weight is 431 g/mol. The minimum absolute atomic E-state index is 0.00447. The molecule has 0 atom stereocenters. The molecule has 166 valence electrons. The summed E-state index contributed by atoms with van der Waals surface area (Å²) in [7, 11) is 0. The van der Waals surface area contributed by atoms with Crippen molar-refractivity contribution in [3.63, 3.8) is 0 Å². The lowest BCUT2D eigenvalue weighted by atomic mass is 10.1. The quantitative estimate of drug-likeness (QED) is 0.510. The molecule has 1 aliphatic heterocycles. The molecule has 0 spiro atoms. The van der Waals surface area contributed by atoms with Crippen molar-refractivity contribution >= 4 is 11.9 Å². The molecular weight excluding hydrogens is 400 g/mol. The highest BCUT2D eigenvalue weighted by atomic mass is 16.1. The molecule has 2 aromatic heterocycles. The van der Waals surface area contributed by atoms with Gasteiger partial charge in [0, 0.05) is 24.5 Å². The van der Waals surface area contributed by atoms with E-state index in [9.17, 15) is 9.59 Å². The first-order valence-electron chi connectivity index (χ1n) is 11.3. The Morgan fingerprint density at radius 2 is 1.84 bits per heavy atom. The molecule has 0 amide bonds. The number of aromatic nitrogens is 3. The molecule has 0 unspecified atom stereocenters. The van der Waals surface area contributed by atoms with Gasteiger partial charge in [0.25, 0.3) is 5.56 Å². The van der Waals surface area contributed by atoms with Crippen LogP contribution in [0.4, 0.5) is 0 Å². The summed E-state index contributed by atoms with van der Waals surface area (Å²) in [6.07, 6.45) is 11.4. The lowest BCUT2D eigenvalue weighted by Crippen LogP contribution is -2.29. The maximum Gasteiger partial charge on any atom is 0.250 e. The molecule has 0 N–H and O–H groups in total. The van der Waals surface area contributed by atoms with Gasteiger partial charge in [0.15, 0.2) is 5.78 Å². The molecular formula is C26H30N4O2. The first kappa shape index (κ1) is 22.0. The highest BCUT2D eigenvalue weighted by Gasteiger charge is 2.15. The smallest absolute Gasteiger partial charge is 0.250 e. The van der Waals surface area contributed by atoms with Crippen molar-refractivity contribution < 1.29 is 4.79 Å². The number of carbonyl (C=O) groups is 1. The summed E-state index contributed by atoms with van der Waals surface area (Å²) in [6, 6.07) is 13.3. The van der Waals surface area contributed by atoms with E-state index < -0.39 is 0 Å². The Hall–Kier alpha value is -3.25. The molecule has 6 heteroatoms. The number of Topliss-reactive ketones (excluding diaryl/α,β-unsaturated/α-hetero) is 1. The number of pyridine rings is 1. The van der Waals surface area contributed by atoms with Crippen LogP contribution >= 0.6 is 0 Å². The van der Waals surface area contributed by atoms with Crippen LogP contribution in [0.5, 0.6) is 0 Å². The summed E-state index contributed by atoms with van der Waals surface area (Å²) in [5, 5.41) is 4.39. The predicted octanol–water partition coefficient (Wildman–Crippen LogP) is 3.78. The van der Waals surface area contributed by atoms with Crippen molar-refractivity contribution in [2.24, 2.45) is 0 Å². The van der Waals surface area contributed by atoms with Gasteiger partial charge in [-0.2, -0.15) is 5.10 Å². The van der Waals surface area contributed by atoms with Crippen LogP contribution < -0.4 is 5.56 Å². The van der Waals surface area contributed by atoms with Crippen LogP contribution in [0.15, 0.2) is 65.7 Å². The molecule has 1 fully saturated rings. The molecule has 3 heterocycles. The van der Waals surface area contributed by atoms with Crippen molar-refractivity contribution in [2.75, 3.05) is 19.6 Å². The van der Waals surface area contributed by atoms with Gasteiger partial charge in [-0.3, -0.25) is 19.2 Å². The zero-order chi connectivity index (χ0) is 22.3. The maximum atomic E-state index is 12.9. The highest BCUT2D eigenvalue weighted by Crippen LogP contribution is 2.12. The first-order chi connectivity index (χ1) is 15.6. The van der Waals surface area contributed by atoms with E-state index in [0.717, 1.165) is 36.5 Å². The number of likely N-dealkylation sites (tertiary alicyclic amines) is 1. The van der Waals surface area contributed by atoms with Crippen LogP contribution in [0.1, 0.15) is 46.4 Å². The zero-order valence-corrected chi connectivity index (χ0v) is 18.6. The second-order valence-electron chi connectivity index (χ2n) is 8.40. The third kappa shape index (κ3) is 5.51. The van der Waals surface area contributed by atoms with E-state index >= 15 is 0 Å². The Labute approximate surface area is 188 Å². The van der Waals surface area contributed by atoms with Gasteiger partial charge in [0.05, 0.1) is 24.8 Å². The van der Waals surface area contributed by atoms with Crippen LogP contribution in [-0.4, -0.2) is 44.7 Å². The number of hydrogen-bond donors (Lipinski definition) is 0. The van der Waals surface area contributed by atoms with Gasteiger partial charge in [-0.05, 0) is 50.0 Å². The fourth-order valence-electron chi connectivity index (χ4n) is 4.13. The van der Waals surface area contributed by atoms with Gasteiger partial charge < -0.3 is 4.57 Å². The van der Waals surface area contributed by atoms with E-state index in [1.807, 2.05) is 48.0 Å².